The predicted octanol–water partition coefficient (Wildman–Crippen LogP) is 0.584. The molecule has 0 unspecified atom stereocenters. The van der Waals surface area contributed by atoms with Crippen LogP contribution in [0.15, 0.2) is 18.2 Å². The molecule has 0 saturated heterocycles. The van der Waals surface area contributed by atoms with Gasteiger partial charge in [0.05, 0.1) is 17.9 Å². The van der Waals surface area contributed by atoms with E-state index in [1.807, 2.05) is 19.1 Å². The number of hydrogen-bond donors (Lipinski definition) is 3. The molecule has 1 rings (SSSR count). The molecule has 1 aromatic rings. The zero-order valence-electron chi connectivity index (χ0n) is 12.2. The Balaban J connectivity index is 2.49. The lowest BCUT2D eigenvalue weighted by Crippen LogP contribution is -2.33. The fourth-order valence-electron chi connectivity index (χ4n) is 1.78. The third kappa shape index (κ3) is 4.89. The third-order valence-electron chi connectivity index (χ3n) is 2.98. The van der Waals surface area contributed by atoms with Gasteiger partial charge in [0, 0.05) is 20.0 Å². The monoisotopic (exact) mass is 278 g/mol. The minimum atomic E-state index is -0.148. The van der Waals surface area contributed by atoms with Crippen molar-refractivity contribution in [2.45, 2.75) is 13.3 Å². The molecule has 4 N–H and O–H groups in total. The molecular formula is C14H22N4O2. The minimum Gasteiger partial charge on any atom is -0.397 e. The normalized spacial score (nSPS) is 10.4. The highest BCUT2D eigenvalue weighted by molar-refractivity contribution is 5.96. The minimum absolute atomic E-state index is 0.0413. The molecule has 110 valence electrons. The molecule has 0 spiro atoms. The van der Waals surface area contributed by atoms with Crippen molar-refractivity contribution in [3.8, 4) is 0 Å². The second kappa shape index (κ2) is 7.49. The lowest BCUT2D eigenvalue weighted by Gasteiger charge is -2.17. The van der Waals surface area contributed by atoms with E-state index in [2.05, 4.69) is 10.6 Å². The summed E-state index contributed by atoms with van der Waals surface area (Å²) >= 11 is 0. The number of nitrogens with two attached hydrogens (primary N) is 1. The zero-order valence-corrected chi connectivity index (χ0v) is 12.2. The van der Waals surface area contributed by atoms with Crippen molar-refractivity contribution in [2.24, 2.45) is 0 Å². The van der Waals surface area contributed by atoms with E-state index in [9.17, 15) is 9.59 Å². The maximum atomic E-state index is 11.9. The molecule has 0 aromatic heterocycles. The van der Waals surface area contributed by atoms with Gasteiger partial charge in [-0.1, -0.05) is 12.1 Å². The number of aryl methyl sites for hydroxylation is 1. The van der Waals surface area contributed by atoms with Crippen LogP contribution in [0.25, 0.3) is 0 Å². The number of para-hydroxylation sites is 1. The van der Waals surface area contributed by atoms with Gasteiger partial charge in [0.1, 0.15) is 0 Å². The van der Waals surface area contributed by atoms with E-state index >= 15 is 0 Å². The van der Waals surface area contributed by atoms with Gasteiger partial charge in [0.15, 0.2) is 0 Å². The van der Waals surface area contributed by atoms with Crippen LogP contribution < -0.4 is 16.4 Å². The van der Waals surface area contributed by atoms with Crippen LogP contribution in [0.3, 0.4) is 0 Å². The summed E-state index contributed by atoms with van der Waals surface area (Å²) in [5, 5.41) is 5.35. The second-order valence-corrected chi connectivity index (χ2v) is 4.75. The summed E-state index contributed by atoms with van der Waals surface area (Å²) in [5.41, 5.74) is 7.96. The first-order valence-corrected chi connectivity index (χ1v) is 6.48. The molecule has 0 heterocycles. The number of nitrogens with zero attached hydrogens (tertiary/aromatic N) is 1. The van der Waals surface area contributed by atoms with E-state index in [0.29, 0.717) is 24.3 Å². The van der Waals surface area contributed by atoms with Gasteiger partial charge in [-0.3, -0.25) is 14.5 Å². The first-order valence-electron chi connectivity index (χ1n) is 6.48. The summed E-state index contributed by atoms with van der Waals surface area (Å²) in [5.74, 6) is -0.189. The molecule has 1 aromatic carbocycles. The topological polar surface area (TPSA) is 87.5 Å². The highest BCUT2D eigenvalue weighted by Gasteiger charge is 2.11. The molecule has 0 atom stereocenters. The molecule has 20 heavy (non-hydrogen) atoms. The highest BCUT2D eigenvalue weighted by atomic mass is 16.2. The van der Waals surface area contributed by atoms with E-state index in [4.69, 9.17) is 5.73 Å². The third-order valence-corrected chi connectivity index (χ3v) is 2.98. The molecule has 0 fully saturated rings. The Hall–Kier alpha value is -2.08. The molecule has 0 aliphatic heterocycles. The number of anilines is 2. The Kier molecular flexibility index (Phi) is 5.99. The van der Waals surface area contributed by atoms with Gasteiger partial charge in [-0.25, -0.2) is 0 Å². The summed E-state index contributed by atoms with van der Waals surface area (Å²) in [6, 6.07) is 5.48. The molecule has 6 nitrogen and oxygen atoms in total. The maximum absolute atomic E-state index is 11.9. The molecule has 0 saturated carbocycles. The molecule has 6 heteroatoms. The summed E-state index contributed by atoms with van der Waals surface area (Å²) < 4.78 is 0. The number of likely N-dealkylation sites (N-methyl/N-ethyl adjacent to an activating group) is 1. The van der Waals surface area contributed by atoms with Crippen molar-refractivity contribution in [1.82, 2.24) is 10.2 Å². The number of carbonyl (C=O) groups excluding carboxylic acids is 2. The first kappa shape index (κ1) is 16.0. The van der Waals surface area contributed by atoms with Crippen LogP contribution in [0.1, 0.15) is 12.0 Å². The largest absolute Gasteiger partial charge is 0.397 e. The summed E-state index contributed by atoms with van der Waals surface area (Å²) in [6.07, 6.45) is 0.368. The molecular weight excluding hydrogens is 256 g/mol. The number of nitrogens with one attached hydrogen (secondary N) is 2. The van der Waals surface area contributed by atoms with Crippen LogP contribution in [-0.4, -0.2) is 43.9 Å². The fourth-order valence-corrected chi connectivity index (χ4v) is 1.78. The lowest BCUT2D eigenvalue weighted by molar-refractivity contribution is -0.122. The molecule has 2 amide bonds. The standard InChI is InChI=1S/C14H22N4O2/c1-10-5-4-6-11(15)14(10)17-13(20)9-18(3)8-7-12(19)16-2/h4-6H,7-9,15H2,1-3H3,(H,16,19)(H,17,20). The molecule has 0 aliphatic rings. The Labute approximate surface area is 119 Å². The van der Waals surface area contributed by atoms with Crippen LogP contribution in [0.2, 0.25) is 0 Å². The van der Waals surface area contributed by atoms with Crippen LogP contribution in [0, 0.1) is 6.92 Å². The smallest absolute Gasteiger partial charge is 0.238 e. The summed E-state index contributed by atoms with van der Waals surface area (Å²) in [4.78, 5) is 24.9. The van der Waals surface area contributed by atoms with Gasteiger partial charge in [-0.2, -0.15) is 0 Å². The van der Waals surface area contributed by atoms with Gasteiger partial charge in [0.25, 0.3) is 0 Å². The summed E-state index contributed by atoms with van der Waals surface area (Å²) in [7, 11) is 3.39. The van der Waals surface area contributed by atoms with Gasteiger partial charge in [-0.05, 0) is 25.6 Å². The molecule has 0 aliphatic carbocycles. The van der Waals surface area contributed by atoms with Crippen molar-refractivity contribution in [2.75, 3.05) is 38.2 Å². The van der Waals surface area contributed by atoms with Crippen molar-refractivity contribution in [3.05, 3.63) is 23.8 Å². The summed E-state index contributed by atoms with van der Waals surface area (Å²) in [6.45, 7) is 2.63. The molecule has 0 bridgehead atoms. The van der Waals surface area contributed by atoms with E-state index < -0.39 is 0 Å². The number of rotatable bonds is 6. The quantitative estimate of drug-likeness (QED) is 0.664. The Morgan fingerprint density at radius 2 is 2.00 bits per heavy atom. The number of hydrogen-bond acceptors (Lipinski definition) is 4. The van der Waals surface area contributed by atoms with E-state index in [-0.39, 0.29) is 18.4 Å². The second-order valence-electron chi connectivity index (χ2n) is 4.75. The number of carbonyl (C=O) groups is 2. The Morgan fingerprint density at radius 1 is 1.30 bits per heavy atom. The first-order chi connectivity index (χ1) is 9.43. The SMILES string of the molecule is CNC(=O)CCN(C)CC(=O)Nc1c(C)cccc1N. The number of benzene rings is 1. The number of amides is 2. The highest BCUT2D eigenvalue weighted by Crippen LogP contribution is 2.22. The lowest BCUT2D eigenvalue weighted by atomic mass is 10.1. The molecule has 0 radical (unpaired) electrons. The average Bonchev–Trinajstić information content (AvgIpc) is 2.40. The maximum Gasteiger partial charge on any atom is 0.238 e. The van der Waals surface area contributed by atoms with Gasteiger partial charge in [0.2, 0.25) is 11.8 Å². The van der Waals surface area contributed by atoms with Gasteiger partial charge < -0.3 is 16.4 Å². The fraction of sp³-hybridized carbons (Fsp3) is 0.429. The van der Waals surface area contributed by atoms with Crippen molar-refractivity contribution in [3.63, 3.8) is 0 Å². The van der Waals surface area contributed by atoms with Crippen LogP contribution >= 0.6 is 0 Å². The number of nitrogen functional groups attached to an aromatic ring is 1. The predicted molar refractivity (Wildman–Crippen MR) is 80.4 cm³/mol. The van der Waals surface area contributed by atoms with Crippen molar-refractivity contribution >= 4 is 23.2 Å². The van der Waals surface area contributed by atoms with E-state index in [1.165, 1.54) is 0 Å². The van der Waals surface area contributed by atoms with Gasteiger partial charge in [-0.15, -0.1) is 0 Å². The van der Waals surface area contributed by atoms with Crippen molar-refractivity contribution in [1.29, 1.82) is 0 Å². The van der Waals surface area contributed by atoms with Crippen molar-refractivity contribution < 1.29 is 9.59 Å². The van der Waals surface area contributed by atoms with Crippen LogP contribution in [-0.2, 0) is 9.59 Å². The Bertz CT molecular complexity index is 468. The van der Waals surface area contributed by atoms with Gasteiger partial charge >= 0.3 is 0 Å². The zero-order chi connectivity index (χ0) is 15.1. The van der Waals surface area contributed by atoms with Crippen LogP contribution in [0.4, 0.5) is 11.4 Å². The van der Waals surface area contributed by atoms with E-state index in [0.717, 1.165) is 5.56 Å². The Morgan fingerprint density at radius 3 is 2.60 bits per heavy atom. The average molecular weight is 278 g/mol. The van der Waals surface area contributed by atoms with Crippen LogP contribution in [0.5, 0.6) is 0 Å². The van der Waals surface area contributed by atoms with E-state index in [1.54, 1.807) is 25.1 Å².